The fourth-order valence-corrected chi connectivity index (χ4v) is 2.18. The number of hydrogen-bond acceptors (Lipinski definition) is 2. The largest absolute Gasteiger partial charge is 0.250 e. The topological polar surface area (TPSA) is 30.7 Å². The zero-order valence-corrected chi connectivity index (χ0v) is 9.46. The number of aromatic nitrogens is 3. The summed E-state index contributed by atoms with van der Waals surface area (Å²) in [5, 5.41) is 4.41. The van der Waals surface area contributed by atoms with Crippen molar-refractivity contribution in [3.05, 3.63) is 12.2 Å². The number of halogens is 1. The molecule has 1 unspecified atom stereocenters. The summed E-state index contributed by atoms with van der Waals surface area (Å²) >= 11 is 6.19. The Bertz CT molecular complexity index is 315. The number of alkyl halides is 1. The average molecular weight is 214 g/mol. The first kappa shape index (κ1) is 9.97. The first-order chi connectivity index (χ1) is 6.68. The van der Waals surface area contributed by atoms with E-state index in [2.05, 4.69) is 23.9 Å². The average Bonchev–Trinajstić information content (AvgIpc) is 2.79. The van der Waals surface area contributed by atoms with Gasteiger partial charge in [-0.25, -0.2) is 4.98 Å². The molecule has 0 radical (unpaired) electrons. The Morgan fingerprint density at radius 2 is 2.36 bits per heavy atom. The van der Waals surface area contributed by atoms with E-state index in [1.165, 1.54) is 12.8 Å². The third kappa shape index (κ3) is 1.65. The number of nitrogens with zero attached hydrogens (tertiary/aromatic N) is 3. The van der Waals surface area contributed by atoms with E-state index in [1.807, 2.05) is 4.68 Å². The number of hydrogen-bond donors (Lipinski definition) is 0. The summed E-state index contributed by atoms with van der Waals surface area (Å²) in [6.07, 6.45) is 5.07. The lowest BCUT2D eigenvalue weighted by atomic mass is 9.98. The van der Waals surface area contributed by atoms with E-state index in [9.17, 15) is 0 Å². The van der Waals surface area contributed by atoms with E-state index in [4.69, 9.17) is 11.6 Å². The summed E-state index contributed by atoms with van der Waals surface area (Å²) in [5.41, 5.74) is 0.307. The van der Waals surface area contributed by atoms with Gasteiger partial charge < -0.3 is 0 Å². The molecule has 1 atom stereocenters. The highest BCUT2D eigenvalue weighted by molar-refractivity contribution is 6.21. The summed E-state index contributed by atoms with van der Waals surface area (Å²) in [6, 6.07) is 0. The lowest BCUT2D eigenvalue weighted by Gasteiger charge is -2.16. The molecule has 2 rings (SSSR count). The Hall–Kier alpha value is -0.570. The molecule has 0 saturated heterocycles. The van der Waals surface area contributed by atoms with Crippen LogP contribution in [0.2, 0.25) is 0 Å². The molecule has 1 heterocycles. The third-order valence-corrected chi connectivity index (χ3v) is 3.70. The first-order valence-electron chi connectivity index (χ1n) is 5.19. The molecule has 0 aliphatic heterocycles. The van der Waals surface area contributed by atoms with Crippen molar-refractivity contribution in [1.29, 1.82) is 0 Å². The fourth-order valence-electron chi connectivity index (χ4n) is 1.88. The van der Waals surface area contributed by atoms with Crippen LogP contribution in [0.25, 0.3) is 0 Å². The summed E-state index contributed by atoms with van der Waals surface area (Å²) < 4.78 is 1.96. The normalized spacial score (nSPS) is 20.8. The summed E-state index contributed by atoms with van der Waals surface area (Å²) in [7, 11) is 0. The number of rotatable bonds is 4. The minimum absolute atomic E-state index is 0.240. The maximum absolute atomic E-state index is 6.19. The van der Waals surface area contributed by atoms with Crippen LogP contribution >= 0.6 is 11.6 Å². The van der Waals surface area contributed by atoms with Gasteiger partial charge in [0.1, 0.15) is 12.2 Å². The third-order valence-electron chi connectivity index (χ3n) is 3.24. The van der Waals surface area contributed by atoms with Gasteiger partial charge in [0.05, 0.1) is 0 Å². The highest BCUT2D eigenvalue weighted by atomic mass is 35.5. The van der Waals surface area contributed by atoms with Crippen molar-refractivity contribution in [2.45, 2.75) is 45.0 Å². The second kappa shape index (κ2) is 3.54. The van der Waals surface area contributed by atoms with Crippen LogP contribution in [-0.2, 0) is 13.0 Å². The molecule has 4 heteroatoms. The van der Waals surface area contributed by atoms with Crippen molar-refractivity contribution in [2.75, 3.05) is 0 Å². The highest BCUT2D eigenvalue weighted by Crippen LogP contribution is 2.52. The molecule has 0 amide bonds. The van der Waals surface area contributed by atoms with Gasteiger partial charge in [0.25, 0.3) is 0 Å². The second-order valence-electron chi connectivity index (χ2n) is 4.15. The van der Waals surface area contributed by atoms with Crippen molar-refractivity contribution >= 4 is 11.6 Å². The van der Waals surface area contributed by atoms with E-state index in [0.717, 1.165) is 18.8 Å². The quantitative estimate of drug-likeness (QED) is 0.719. The molecule has 78 valence electrons. The SMILES string of the molecule is CCn1ncnc1CC1(C(C)Cl)CC1. The Morgan fingerprint density at radius 3 is 2.86 bits per heavy atom. The lowest BCUT2D eigenvalue weighted by molar-refractivity contribution is 0.461. The van der Waals surface area contributed by atoms with Gasteiger partial charge in [0.15, 0.2) is 0 Å². The zero-order chi connectivity index (χ0) is 10.2. The maximum atomic E-state index is 6.19. The molecule has 1 aromatic heterocycles. The summed E-state index contributed by atoms with van der Waals surface area (Å²) in [6.45, 7) is 5.06. The highest BCUT2D eigenvalue weighted by Gasteiger charge is 2.47. The molecule has 0 aromatic carbocycles. The molecule has 0 N–H and O–H groups in total. The molecule has 1 fully saturated rings. The Balaban J connectivity index is 2.11. The van der Waals surface area contributed by atoms with Gasteiger partial charge in [-0.05, 0) is 32.1 Å². The van der Waals surface area contributed by atoms with Crippen LogP contribution in [0.4, 0.5) is 0 Å². The molecule has 0 bridgehead atoms. The molecule has 1 aliphatic rings. The van der Waals surface area contributed by atoms with Crippen LogP contribution in [-0.4, -0.2) is 20.1 Å². The van der Waals surface area contributed by atoms with E-state index >= 15 is 0 Å². The molecule has 1 aromatic rings. The van der Waals surface area contributed by atoms with Gasteiger partial charge in [0.2, 0.25) is 0 Å². The maximum Gasteiger partial charge on any atom is 0.138 e. The van der Waals surface area contributed by atoms with Crippen LogP contribution in [0.1, 0.15) is 32.5 Å². The predicted molar refractivity (Wildman–Crippen MR) is 56.4 cm³/mol. The van der Waals surface area contributed by atoms with Gasteiger partial charge in [-0.2, -0.15) is 5.10 Å². The molecule has 1 aliphatic carbocycles. The molecule has 14 heavy (non-hydrogen) atoms. The van der Waals surface area contributed by atoms with E-state index in [1.54, 1.807) is 6.33 Å². The van der Waals surface area contributed by atoms with Crippen molar-refractivity contribution in [1.82, 2.24) is 14.8 Å². The molecular formula is C10H16ClN3. The van der Waals surface area contributed by atoms with Gasteiger partial charge in [-0.1, -0.05) is 0 Å². The summed E-state index contributed by atoms with van der Waals surface area (Å²) in [5.74, 6) is 1.08. The van der Waals surface area contributed by atoms with Gasteiger partial charge in [0, 0.05) is 18.3 Å². The molecular weight excluding hydrogens is 198 g/mol. The van der Waals surface area contributed by atoms with E-state index < -0.39 is 0 Å². The fraction of sp³-hybridized carbons (Fsp3) is 0.800. The minimum Gasteiger partial charge on any atom is -0.250 e. The van der Waals surface area contributed by atoms with E-state index in [-0.39, 0.29) is 5.38 Å². The van der Waals surface area contributed by atoms with Crippen molar-refractivity contribution in [3.8, 4) is 0 Å². The molecule has 0 spiro atoms. The van der Waals surface area contributed by atoms with E-state index in [0.29, 0.717) is 5.41 Å². The monoisotopic (exact) mass is 213 g/mol. The molecule has 1 saturated carbocycles. The standard InChI is InChI=1S/C10H16ClN3/c1-3-14-9(12-7-13-14)6-10(4-5-10)8(2)11/h7-8H,3-6H2,1-2H3. The van der Waals surface area contributed by atoms with Gasteiger partial charge in [-0.3, -0.25) is 4.68 Å². The van der Waals surface area contributed by atoms with Crippen LogP contribution in [0.5, 0.6) is 0 Å². The Morgan fingerprint density at radius 1 is 1.64 bits per heavy atom. The van der Waals surface area contributed by atoms with Crippen LogP contribution in [0, 0.1) is 5.41 Å². The van der Waals surface area contributed by atoms with Crippen molar-refractivity contribution < 1.29 is 0 Å². The lowest BCUT2D eigenvalue weighted by Crippen LogP contribution is -2.18. The smallest absolute Gasteiger partial charge is 0.138 e. The molecule has 3 nitrogen and oxygen atoms in total. The van der Waals surface area contributed by atoms with Gasteiger partial charge in [-0.15, -0.1) is 11.6 Å². The van der Waals surface area contributed by atoms with Gasteiger partial charge >= 0.3 is 0 Å². The van der Waals surface area contributed by atoms with Crippen molar-refractivity contribution in [2.24, 2.45) is 5.41 Å². The number of aryl methyl sites for hydroxylation is 1. The minimum atomic E-state index is 0.240. The Kier molecular flexibility index (Phi) is 2.52. The second-order valence-corrected chi connectivity index (χ2v) is 4.80. The van der Waals surface area contributed by atoms with Crippen LogP contribution in [0.3, 0.4) is 0 Å². The zero-order valence-electron chi connectivity index (χ0n) is 8.70. The first-order valence-corrected chi connectivity index (χ1v) is 5.62. The van der Waals surface area contributed by atoms with Crippen LogP contribution < -0.4 is 0 Å². The predicted octanol–water partition coefficient (Wildman–Crippen LogP) is 2.25. The Labute approximate surface area is 89.5 Å². The summed E-state index contributed by atoms with van der Waals surface area (Å²) in [4.78, 5) is 4.29. The van der Waals surface area contributed by atoms with Crippen LogP contribution in [0.15, 0.2) is 6.33 Å². The van der Waals surface area contributed by atoms with Crippen molar-refractivity contribution in [3.63, 3.8) is 0 Å².